The lowest BCUT2D eigenvalue weighted by Crippen LogP contribution is -2.30. The molecule has 1 atom stereocenters. The molecule has 0 aromatic heterocycles. The summed E-state index contributed by atoms with van der Waals surface area (Å²) in [7, 11) is 2.09. The van der Waals surface area contributed by atoms with Crippen molar-refractivity contribution < 1.29 is 0 Å². The molecule has 0 bridgehead atoms. The standard InChI is InChI=1S/C17H24BrNS/c1-19-17(14-8-5-3-2-4-6-9-14)13-20-16-11-7-10-15(18)12-16/h7-8,10-12,17,19H,2-6,9,13H2,1H3/b14-8+. The second-order valence-electron chi connectivity index (χ2n) is 5.34. The number of hydrogen-bond acceptors (Lipinski definition) is 2. The van der Waals surface area contributed by atoms with Crippen LogP contribution in [0.1, 0.15) is 38.5 Å². The van der Waals surface area contributed by atoms with Crippen LogP contribution in [0.15, 0.2) is 45.3 Å². The molecule has 1 nitrogen and oxygen atoms in total. The van der Waals surface area contributed by atoms with E-state index in [1.54, 1.807) is 5.57 Å². The molecule has 0 spiro atoms. The van der Waals surface area contributed by atoms with Gasteiger partial charge in [0.2, 0.25) is 0 Å². The second-order valence-corrected chi connectivity index (χ2v) is 7.35. The van der Waals surface area contributed by atoms with Gasteiger partial charge in [-0.2, -0.15) is 0 Å². The minimum absolute atomic E-state index is 0.511. The summed E-state index contributed by atoms with van der Waals surface area (Å²) in [6, 6.07) is 9.09. The van der Waals surface area contributed by atoms with Crippen LogP contribution in [0.4, 0.5) is 0 Å². The van der Waals surface area contributed by atoms with Gasteiger partial charge >= 0.3 is 0 Å². The van der Waals surface area contributed by atoms with Gasteiger partial charge in [0.25, 0.3) is 0 Å². The highest BCUT2D eigenvalue weighted by atomic mass is 79.9. The molecule has 1 aromatic carbocycles. The predicted octanol–water partition coefficient (Wildman–Crippen LogP) is 5.41. The molecule has 0 saturated heterocycles. The fraction of sp³-hybridized carbons (Fsp3) is 0.529. The fourth-order valence-electron chi connectivity index (χ4n) is 2.65. The van der Waals surface area contributed by atoms with Gasteiger partial charge in [-0.25, -0.2) is 0 Å². The molecule has 0 fully saturated rings. The van der Waals surface area contributed by atoms with Gasteiger partial charge < -0.3 is 5.32 Å². The summed E-state index contributed by atoms with van der Waals surface area (Å²) in [6.45, 7) is 0. The quantitative estimate of drug-likeness (QED) is 0.560. The Morgan fingerprint density at radius 1 is 1.25 bits per heavy atom. The molecule has 110 valence electrons. The summed E-state index contributed by atoms with van der Waals surface area (Å²) in [6.07, 6.45) is 10.5. The highest BCUT2D eigenvalue weighted by Gasteiger charge is 2.13. The van der Waals surface area contributed by atoms with Crippen molar-refractivity contribution in [3.05, 3.63) is 40.4 Å². The molecule has 20 heavy (non-hydrogen) atoms. The van der Waals surface area contributed by atoms with E-state index in [9.17, 15) is 0 Å². The van der Waals surface area contributed by atoms with Crippen molar-refractivity contribution >= 4 is 27.7 Å². The fourth-order valence-corrected chi connectivity index (χ4v) is 4.32. The van der Waals surface area contributed by atoms with E-state index >= 15 is 0 Å². The molecular weight excluding hydrogens is 330 g/mol. The third kappa shape index (κ3) is 5.27. The van der Waals surface area contributed by atoms with E-state index in [0.717, 1.165) is 10.2 Å². The molecule has 0 saturated carbocycles. The maximum absolute atomic E-state index is 3.54. The third-order valence-electron chi connectivity index (χ3n) is 3.83. The Kier molecular flexibility index (Phi) is 7.18. The van der Waals surface area contributed by atoms with E-state index < -0.39 is 0 Å². The number of allylic oxidation sites excluding steroid dienone is 1. The average molecular weight is 354 g/mol. The second kappa shape index (κ2) is 8.91. The molecule has 0 amide bonds. The largest absolute Gasteiger partial charge is 0.313 e. The van der Waals surface area contributed by atoms with Crippen molar-refractivity contribution in [2.24, 2.45) is 0 Å². The zero-order chi connectivity index (χ0) is 14.2. The van der Waals surface area contributed by atoms with E-state index in [1.807, 2.05) is 11.8 Å². The van der Waals surface area contributed by atoms with Gasteiger partial charge in [-0.05, 0) is 50.9 Å². The Labute approximate surface area is 135 Å². The first-order chi connectivity index (χ1) is 9.79. The van der Waals surface area contributed by atoms with Gasteiger partial charge in [0.1, 0.15) is 0 Å². The number of likely N-dealkylation sites (N-methyl/N-ethyl adjacent to an activating group) is 1. The topological polar surface area (TPSA) is 12.0 Å². The Balaban J connectivity index is 1.94. The summed E-state index contributed by atoms with van der Waals surface area (Å²) in [4.78, 5) is 1.34. The number of nitrogens with one attached hydrogen (secondary N) is 1. The maximum Gasteiger partial charge on any atom is 0.0371 e. The number of halogens is 1. The van der Waals surface area contributed by atoms with Crippen LogP contribution in [0.25, 0.3) is 0 Å². The third-order valence-corrected chi connectivity index (χ3v) is 5.42. The lowest BCUT2D eigenvalue weighted by atomic mass is 9.96. The molecule has 2 rings (SSSR count). The minimum Gasteiger partial charge on any atom is -0.313 e. The van der Waals surface area contributed by atoms with Crippen molar-refractivity contribution in [2.45, 2.75) is 49.5 Å². The molecular formula is C17H24BrNS. The van der Waals surface area contributed by atoms with Gasteiger partial charge in [0.05, 0.1) is 0 Å². The van der Waals surface area contributed by atoms with Crippen LogP contribution in [0.2, 0.25) is 0 Å². The lowest BCUT2D eigenvalue weighted by Gasteiger charge is -2.21. The van der Waals surface area contributed by atoms with Crippen molar-refractivity contribution in [1.82, 2.24) is 5.32 Å². The minimum atomic E-state index is 0.511. The van der Waals surface area contributed by atoms with Crippen LogP contribution >= 0.6 is 27.7 Å². The van der Waals surface area contributed by atoms with Crippen LogP contribution in [-0.4, -0.2) is 18.8 Å². The monoisotopic (exact) mass is 353 g/mol. The van der Waals surface area contributed by atoms with E-state index in [1.165, 1.54) is 43.4 Å². The summed E-state index contributed by atoms with van der Waals surface area (Å²) in [5.41, 5.74) is 1.62. The van der Waals surface area contributed by atoms with E-state index in [0.29, 0.717) is 6.04 Å². The molecule has 1 aliphatic rings. The number of rotatable bonds is 5. The van der Waals surface area contributed by atoms with Gasteiger partial charge in [-0.1, -0.05) is 46.5 Å². The van der Waals surface area contributed by atoms with Gasteiger partial charge in [0.15, 0.2) is 0 Å². The lowest BCUT2D eigenvalue weighted by molar-refractivity contribution is 0.583. The summed E-state index contributed by atoms with van der Waals surface area (Å²) < 4.78 is 1.16. The molecule has 3 heteroatoms. The van der Waals surface area contributed by atoms with E-state index in [4.69, 9.17) is 0 Å². The van der Waals surface area contributed by atoms with Crippen LogP contribution in [-0.2, 0) is 0 Å². The Morgan fingerprint density at radius 2 is 2.10 bits per heavy atom. The van der Waals surface area contributed by atoms with Crippen LogP contribution in [0.3, 0.4) is 0 Å². The molecule has 0 heterocycles. The zero-order valence-corrected chi connectivity index (χ0v) is 14.6. The van der Waals surface area contributed by atoms with E-state index in [2.05, 4.69) is 58.6 Å². The van der Waals surface area contributed by atoms with Crippen LogP contribution in [0, 0.1) is 0 Å². The van der Waals surface area contributed by atoms with E-state index in [-0.39, 0.29) is 0 Å². The SMILES string of the molecule is CNC(CSc1cccc(Br)c1)/C1=C/CCCCCC1. The normalized spacial score (nSPS) is 20.6. The summed E-state index contributed by atoms with van der Waals surface area (Å²) in [5, 5.41) is 3.50. The Bertz CT molecular complexity index is 444. The number of hydrogen-bond donors (Lipinski definition) is 1. The summed E-state index contributed by atoms with van der Waals surface area (Å²) in [5.74, 6) is 1.11. The smallest absolute Gasteiger partial charge is 0.0371 e. The van der Waals surface area contributed by atoms with Crippen molar-refractivity contribution in [3.63, 3.8) is 0 Å². The predicted molar refractivity (Wildman–Crippen MR) is 93.5 cm³/mol. The van der Waals surface area contributed by atoms with Crippen molar-refractivity contribution in [3.8, 4) is 0 Å². The molecule has 1 aromatic rings. The van der Waals surface area contributed by atoms with Gasteiger partial charge in [-0.3, -0.25) is 0 Å². The highest BCUT2D eigenvalue weighted by Crippen LogP contribution is 2.26. The van der Waals surface area contributed by atoms with Gasteiger partial charge in [-0.15, -0.1) is 11.8 Å². The molecule has 0 aliphatic heterocycles. The highest BCUT2D eigenvalue weighted by molar-refractivity contribution is 9.10. The van der Waals surface area contributed by atoms with Gasteiger partial charge in [0, 0.05) is 21.2 Å². The van der Waals surface area contributed by atoms with Crippen molar-refractivity contribution in [1.29, 1.82) is 0 Å². The van der Waals surface area contributed by atoms with Crippen LogP contribution in [0.5, 0.6) is 0 Å². The number of benzene rings is 1. The molecule has 1 unspecified atom stereocenters. The van der Waals surface area contributed by atoms with Crippen LogP contribution < -0.4 is 5.32 Å². The molecule has 0 radical (unpaired) electrons. The first-order valence-electron chi connectivity index (χ1n) is 7.54. The summed E-state index contributed by atoms with van der Waals surface area (Å²) >= 11 is 5.48. The Hall–Kier alpha value is -0.250. The maximum atomic E-state index is 3.54. The first-order valence-corrected chi connectivity index (χ1v) is 9.32. The zero-order valence-electron chi connectivity index (χ0n) is 12.2. The molecule has 1 N–H and O–H groups in total. The average Bonchev–Trinajstić information content (AvgIpc) is 2.41. The first kappa shape index (κ1) is 16.1. The van der Waals surface area contributed by atoms with Crippen molar-refractivity contribution in [2.75, 3.05) is 12.8 Å². The molecule has 1 aliphatic carbocycles. The number of thioether (sulfide) groups is 1. The Morgan fingerprint density at radius 3 is 2.90 bits per heavy atom.